The summed E-state index contributed by atoms with van der Waals surface area (Å²) in [6.45, 7) is 1.21. The first-order valence-corrected chi connectivity index (χ1v) is 7.52. The van der Waals surface area contributed by atoms with Crippen LogP contribution in [0.4, 0.5) is 19.1 Å². The number of carbonyl (C=O) groups excluding carboxylic acids is 1. The second-order valence-corrected chi connectivity index (χ2v) is 5.57. The molecule has 0 bridgehead atoms. The highest BCUT2D eigenvalue weighted by Gasteiger charge is 2.33. The summed E-state index contributed by atoms with van der Waals surface area (Å²) < 4.78 is 38.2. The van der Waals surface area contributed by atoms with Gasteiger partial charge >= 0.3 is 6.18 Å². The summed E-state index contributed by atoms with van der Waals surface area (Å²) >= 11 is 0. The fraction of sp³-hybridized carbons (Fsp3) is 0.312. The second-order valence-electron chi connectivity index (χ2n) is 5.57. The summed E-state index contributed by atoms with van der Waals surface area (Å²) in [6, 6.07) is 0.850. The van der Waals surface area contributed by atoms with E-state index in [4.69, 9.17) is 0 Å². The molecule has 2 aromatic rings. The molecule has 2 heterocycles. The van der Waals surface area contributed by atoms with Crippen molar-refractivity contribution < 1.29 is 18.0 Å². The van der Waals surface area contributed by atoms with E-state index < -0.39 is 17.8 Å². The summed E-state index contributed by atoms with van der Waals surface area (Å²) in [7, 11) is 3.60. The summed E-state index contributed by atoms with van der Waals surface area (Å²) in [4.78, 5) is 29.0. The molecule has 0 saturated heterocycles. The van der Waals surface area contributed by atoms with E-state index in [2.05, 4.69) is 25.3 Å². The van der Waals surface area contributed by atoms with Crippen molar-refractivity contribution >= 4 is 17.9 Å². The minimum atomic E-state index is -4.56. The molecule has 0 aromatic carbocycles. The van der Waals surface area contributed by atoms with Crippen LogP contribution in [0.3, 0.4) is 0 Å². The number of nitrogens with zero attached hydrogens (tertiary/aromatic N) is 5. The molecule has 0 spiro atoms. The highest BCUT2D eigenvalue weighted by molar-refractivity contribution is 5.91. The Balaban J connectivity index is 1.97. The molecular formula is C16H17F3N6O. The molecule has 138 valence electrons. The molecule has 0 unspecified atom stereocenters. The van der Waals surface area contributed by atoms with E-state index in [1.165, 1.54) is 19.1 Å². The van der Waals surface area contributed by atoms with E-state index >= 15 is 0 Å². The van der Waals surface area contributed by atoms with Crippen LogP contribution in [0.1, 0.15) is 22.8 Å². The Kier molecular flexibility index (Phi) is 5.86. The summed E-state index contributed by atoms with van der Waals surface area (Å²) in [5, 5.41) is 2.44. The largest absolute Gasteiger partial charge is 0.433 e. The molecule has 0 aliphatic heterocycles. The zero-order chi connectivity index (χ0) is 19.3. The standard InChI is InChI=1S/C16H17F3N6O/c1-10-6-12(16(17,18)19)24-13(23-10)9-20-14(26)5-4-11-7-21-15(22-8-11)25(2)3/h4-8H,9H2,1-3H3,(H,20,26)/b5-4+. The molecule has 26 heavy (non-hydrogen) atoms. The number of rotatable bonds is 5. The van der Waals surface area contributed by atoms with E-state index in [1.807, 2.05) is 0 Å². The van der Waals surface area contributed by atoms with Gasteiger partial charge in [0.1, 0.15) is 11.5 Å². The number of carbonyl (C=O) groups is 1. The highest BCUT2D eigenvalue weighted by atomic mass is 19.4. The number of anilines is 1. The quantitative estimate of drug-likeness (QED) is 0.815. The molecule has 10 heteroatoms. The lowest BCUT2D eigenvalue weighted by molar-refractivity contribution is -0.141. The van der Waals surface area contributed by atoms with Crippen LogP contribution in [0, 0.1) is 6.92 Å². The lowest BCUT2D eigenvalue weighted by Crippen LogP contribution is -2.23. The van der Waals surface area contributed by atoms with Crippen LogP contribution in [-0.4, -0.2) is 39.9 Å². The zero-order valence-electron chi connectivity index (χ0n) is 14.4. The third-order valence-electron chi connectivity index (χ3n) is 3.10. The number of aryl methyl sites for hydroxylation is 1. The third kappa shape index (κ3) is 5.50. The first-order valence-electron chi connectivity index (χ1n) is 7.52. The zero-order valence-corrected chi connectivity index (χ0v) is 14.4. The lowest BCUT2D eigenvalue weighted by Gasteiger charge is -2.09. The Morgan fingerprint density at radius 1 is 1.23 bits per heavy atom. The fourth-order valence-corrected chi connectivity index (χ4v) is 1.90. The average molecular weight is 366 g/mol. The van der Waals surface area contributed by atoms with Gasteiger partial charge in [-0.25, -0.2) is 19.9 Å². The monoisotopic (exact) mass is 366 g/mol. The van der Waals surface area contributed by atoms with E-state index in [0.29, 0.717) is 11.5 Å². The van der Waals surface area contributed by atoms with Crippen LogP contribution in [0.5, 0.6) is 0 Å². The molecule has 1 amide bonds. The second kappa shape index (κ2) is 7.89. The molecule has 0 atom stereocenters. The molecule has 0 aliphatic rings. The van der Waals surface area contributed by atoms with Gasteiger partial charge < -0.3 is 10.2 Å². The predicted molar refractivity (Wildman–Crippen MR) is 89.0 cm³/mol. The number of hydrogen-bond donors (Lipinski definition) is 1. The number of halogens is 3. The van der Waals surface area contributed by atoms with Crippen LogP contribution in [-0.2, 0) is 17.5 Å². The van der Waals surface area contributed by atoms with Crippen molar-refractivity contribution in [3.63, 3.8) is 0 Å². The molecule has 2 rings (SSSR count). The molecule has 0 radical (unpaired) electrons. The first-order chi connectivity index (χ1) is 12.1. The van der Waals surface area contributed by atoms with Crippen molar-refractivity contribution in [2.45, 2.75) is 19.6 Å². The van der Waals surface area contributed by atoms with Crippen LogP contribution >= 0.6 is 0 Å². The normalized spacial score (nSPS) is 11.6. The van der Waals surface area contributed by atoms with Gasteiger partial charge in [-0.2, -0.15) is 13.2 Å². The predicted octanol–water partition coefficient (Wildman–Crippen LogP) is 1.99. The maximum Gasteiger partial charge on any atom is 0.433 e. The molecule has 2 aromatic heterocycles. The SMILES string of the molecule is Cc1cc(C(F)(F)F)nc(CNC(=O)/C=C/c2cnc(N(C)C)nc2)n1. The molecule has 0 fully saturated rings. The molecule has 0 saturated carbocycles. The van der Waals surface area contributed by atoms with E-state index in [9.17, 15) is 18.0 Å². The Hall–Kier alpha value is -3.04. The van der Waals surface area contributed by atoms with Crippen LogP contribution in [0.25, 0.3) is 6.08 Å². The van der Waals surface area contributed by atoms with Crippen molar-refractivity contribution in [2.24, 2.45) is 0 Å². The Bertz CT molecular complexity index is 803. The van der Waals surface area contributed by atoms with Crippen molar-refractivity contribution in [1.82, 2.24) is 25.3 Å². The smallest absolute Gasteiger partial charge is 0.347 e. The van der Waals surface area contributed by atoms with E-state index in [0.717, 1.165) is 6.07 Å². The fourth-order valence-electron chi connectivity index (χ4n) is 1.90. The van der Waals surface area contributed by atoms with Gasteiger partial charge in [-0.15, -0.1) is 0 Å². The van der Waals surface area contributed by atoms with Gasteiger partial charge in [0.2, 0.25) is 11.9 Å². The van der Waals surface area contributed by atoms with Crippen LogP contribution in [0.15, 0.2) is 24.5 Å². The molecule has 1 N–H and O–H groups in total. The molecule has 0 aliphatic carbocycles. The highest BCUT2D eigenvalue weighted by Crippen LogP contribution is 2.27. The Labute approximate surface area is 148 Å². The maximum absolute atomic E-state index is 12.7. The minimum Gasteiger partial charge on any atom is -0.347 e. The summed E-state index contributed by atoms with van der Waals surface area (Å²) in [5.41, 5.74) is -0.259. The van der Waals surface area contributed by atoms with Gasteiger partial charge in [0.15, 0.2) is 0 Å². The number of hydrogen-bond acceptors (Lipinski definition) is 6. The van der Waals surface area contributed by atoms with Crippen molar-refractivity contribution in [2.75, 3.05) is 19.0 Å². The van der Waals surface area contributed by atoms with Gasteiger partial charge in [0.05, 0.1) is 6.54 Å². The maximum atomic E-state index is 12.7. The van der Waals surface area contributed by atoms with Crippen molar-refractivity contribution in [3.05, 3.63) is 47.3 Å². The third-order valence-corrected chi connectivity index (χ3v) is 3.10. The van der Waals surface area contributed by atoms with E-state index in [1.54, 1.807) is 31.4 Å². The minimum absolute atomic E-state index is 0.113. The Morgan fingerprint density at radius 3 is 2.46 bits per heavy atom. The average Bonchev–Trinajstić information content (AvgIpc) is 2.57. The van der Waals surface area contributed by atoms with Gasteiger partial charge in [-0.3, -0.25) is 4.79 Å². The van der Waals surface area contributed by atoms with Gasteiger partial charge in [-0.05, 0) is 19.1 Å². The summed E-state index contributed by atoms with van der Waals surface area (Å²) in [5.74, 6) is -0.0817. The van der Waals surface area contributed by atoms with Crippen LogP contribution in [0.2, 0.25) is 0 Å². The van der Waals surface area contributed by atoms with Gasteiger partial charge in [-0.1, -0.05) is 0 Å². The summed E-state index contributed by atoms with van der Waals surface area (Å²) in [6.07, 6.45) is 1.25. The number of nitrogens with one attached hydrogen (secondary N) is 1. The number of aromatic nitrogens is 4. The van der Waals surface area contributed by atoms with E-state index in [-0.39, 0.29) is 18.1 Å². The molecule has 7 nitrogen and oxygen atoms in total. The van der Waals surface area contributed by atoms with Gasteiger partial charge in [0.25, 0.3) is 0 Å². The van der Waals surface area contributed by atoms with Crippen molar-refractivity contribution in [3.8, 4) is 0 Å². The number of alkyl halides is 3. The van der Waals surface area contributed by atoms with Gasteiger partial charge in [0, 0.05) is 43.8 Å². The lowest BCUT2D eigenvalue weighted by atomic mass is 10.3. The topological polar surface area (TPSA) is 83.9 Å². The number of amides is 1. The Morgan fingerprint density at radius 2 is 1.88 bits per heavy atom. The van der Waals surface area contributed by atoms with Crippen molar-refractivity contribution in [1.29, 1.82) is 0 Å². The molecular weight excluding hydrogens is 349 g/mol. The van der Waals surface area contributed by atoms with Crippen LogP contribution < -0.4 is 10.2 Å². The first kappa shape index (κ1) is 19.3.